The maximum absolute atomic E-state index is 13.1. The van der Waals surface area contributed by atoms with E-state index in [1.807, 2.05) is 20.8 Å². The predicted molar refractivity (Wildman–Crippen MR) is 190 cm³/mol. The number of H-pyrrole nitrogens is 2. The van der Waals surface area contributed by atoms with Gasteiger partial charge in [-0.25, -0.2) is 33.1 Å². The average molecular weight is 735 g/mol. The Hall–Kier alpha value is -4.64. The Morgan fingerprint density at radius 3 is 1.36 bits per heavy atom. The van der Waals surface area contributed by atoms with Gasteiger partial charge in [0.1, 0.15) is 30.5 Å². The maximum Gasteiger partial charge on any atom is 0.348 e. The van der Waals surface area contributed by atoms with E-state index in [0.29, 0.717) is 20.5 Å². The minimum atomic E-state index is -1.72. The molecule has 0 saturated carbocycles. The second kappa shape index (κ2) is 14.3. The molecule has 0 fully saturated rings. The number of hydrogen-bond acceptors (Lipinski definition) is 12. The smallest absolute Gasteiger partial charge is 0.348 e. The fourth-order valence-corrected chi connectivity index (χ4v) is 7.31. The number of aliphatic carboxylic acids is 1. The molecule has 4 heterocycles. The lowest BCUT2D eigenvalue weighted by molar-refractivity contribution is -0.146. The Bertz CT molecular complexity index is 2250. The third-order valence-electron chi connectivity index (χ3n) is 7.91. The van der Waals surface area contributed by atoms with Gasteiger partial charge in [-0.2, -0.15) is 0 Å². The summed E-state index contributed by atoms with van der Waals surface area (Å²) in [5.74, 6) is -2.65. The molecule has 0 aliphatic rings. The summed E-state index contributed by atoms with van der Waals surface area (Å²) < 4.78 is 11.5. The molecule has 0 radical (unpaired) electrons. The minimum absolute atomic E-state index is 0.118. The van der Waals surface area contributed by atoms with Gasteiger partial charge >= 0.3 is 29.3 Å². The molecule has 0 amide bonds. The standard InChI is InChI=1S/C19H26N2O5S.C14H16N2O6S/c1-8-26-16(24)13-10(2)12-14(27-13)20-17(25)21(15(12)23)19(6,7)11(22)9-18(3,4)5;1-5-22-11(18)8-6(2)7-9(23-8)15-13(21)16(10(7)17)14(3,4)12(19)20/h8-9H2,1-7H3,(H,20,25);5H2,1-4H3,(H,15,21)(H,19,20). The van der Waals surface area contributed by atoms with E-state index in [9.17, 15) is 43.5 Å². The Morgan fingerprint density at radius 2 is 1.04 bits per heavy atom. The Balaban J connectivity index is 0.000000274. The van der Waals surface area contributed by atoms with Crippen LogP contribution < -0.4 is 22.5 Å². The molecule has 4 rings (SSSR count). The predicted octanol–water partition coefficient (Wildman–Crippen LogP) is 4.03. The number of Topliss-reactive ketones (excluding diaryl/α,β-unsaturated/α-hetero) is 1. The minimum Gasteiger partial charge on any atom is -0.480 e. The highest BCUT2D eigenvalue weighted by molar-refractivity contribution is 7.21. The normalized spacial score (nSPS) is 12.1. The van der Waals surface area contributed by atoms with E-state index < -0.39 is 51.5 Å². The first-order chi connectivity index (χ1) is 22.9. The molecule has 4 aromatic heterocycles. The highest BCUT2D eigenvalue weighted by Crippen LogP contribution is 2.30. The summed E-state index contributed by atoms with van der Waals surface area (Å²) >= 11 is 1.95. The van der Waals surface area contributed by atoms with Gasteiger partial charge in [0.05, 0.1) is 24.0 Å². The van der Waals surface area contributed by atoms with Gasteiger partial charge in [0, 0.05) is 6.42 Å². The molecular formula is C33H42N4O11S2. The number of ether oxygens (including phenoxy) is 2. The Labute approximate surface area is 293 Å². The molecule has 0 aliphatic heterocycles. The molecule has 17 heteroatoms. The zero-order valence-electron chi connectivity index (χ0n) is 29.9. The van der Waals surface area contributed by atoms with Crippen LogP contribution in [0.25, 0.3) is 20.4 Å². The molecule has 0 saturated heterocycles. The third-order valence-corrected chi connectivity index (χ3v) is 10.3. The van der Waals surface area contributed by atoms with Crippen molar-refractivity contribution in [3.63, 3.8) is 0 Å². The number of carboxylic acids is 1. The molecule has 3 N–H and O–H groups in total. The number of aromatic amines is 2. The molecule has 0 bridgehead atoms. The number of aryl methyl sites for hydroxylation is 2. The molecular weight excluding hydrogens is 693 g/mol. The number of thiophene rings is 2. The van der Waals surface area contributed by atoms with Crippen LogP contribution in [0.4, 0.5) is 0 Å². The molecule has 15 nitrogen and oxygen atoms in total. The summed E-state index contributed by atoms with van der Waals surface area (Å²) in [5, 5.41) is 9.62. The summed E-state index contributed by atoms with van der Waals surface area (Å²) in [6, 6.07) is 0. The SMILES string of the molecule is CCOC(=O)c1sc2[nH]c(=O)n(C(C)(C)C(=O)CC(C)(C)C)c(=O)c2c1C.CCOC(=O)c1sc2[nH]c(=O)n(C(C)(C)C(=O)O)c(=O)c2c1C. The van der Waals surface area contributed by atoms with Crippen molar-refractivity contribution in [1.82, 2.24) is 19.1 Å². The van der Waals surface area contributed by atoms with Crippen LogP contribution in [0.15, 0.2) is 19.2 Å². The lowest BCUT2D eigenvalue weighted by Crippen LogP contribution is -2.51. The number of esters is 2. The van der Waals surface area contributed by atoms with Crippen LogP contribution >= 0.6 is 22.7 Å². The van der Waals surface area contributed by atoms with E-state index in [0.717, 1.165) is 27.2 Å². The van der Waals surface area contributed by atoms with Crippen molar-refractivity contribution >= 4 is 66.8 Å². The second-order valence-corrected chi connectivity index (χ2v) is 15.7. The molecule has 0 spiro atoms. The maximum atomic E-state index is 13.1. The van der Waals surface area contributed by atoms with E-state index >= 15 is 0 Å². The number of nitrogens with one attached hydrogen (secondary N) is 2. The summed E-state index contributed by atoms with van der Waals surface area (Å²) in [7, 11) is 0. The molecule has 0 unspecified atom stereocenters. The zero-order chi connectivity index (χ0) is 38.3. The van der Waals surface area contributed by atoms with Crippen molar-refractivity contribution in [1.29, 1.82) is 0 Å². The fourth-order valence-electron chi connectivity index (χ4n) is 5.15. The Kier molecular flexibility index (Phi) is 11.4. The van der Waals surface area contributed by atoms with E-state index in [1.165, 1.54) is 13.8 Å². The van der Waals surface area contributed by atoms with Gasteiger partial charge in [-0.05, 0) is 71.9 Å². The van der Waals surface area contributed by atoms with Gasteiger partial charge in [0.2, 0.25) is 0 Å². The van der Waals surface area contributed by atoms with Crippen molar-refractivity contribution in [3.05, 3.63) is 62.6 Å². The van der Waals surface area contributed by atoms with Crippen LogP contribution in [-0.4, -0.2) is 61.1 Å². The van der Waals surface area contributed by atoms with Crippen molar-refractivity contribution in [2.24, 2.45) is 5.41 Å². The molecule has 272 valence electrons. The highest BCUT2D eigenvalue weighted by Gasteiger charge is 2.37. The number of ketones is 1. The first-order valence-electron chi connectivity index (χ1n) is 15.6. The number of carbonyl (C=O) groups excluding carboxylic acids is 3. The van der Waals surface area contributed by atoms with Crippen molar-refractivity contribution < 1.29 is 33.8 Å². The van der Waals surface area contributed by atoms with E-state index in [-0.39, 0.29) is 56.2 Å². The number of carbonyl (C=O) groups is 4. The number of carboxylic acid groups (broad SMARTS) is 1. The molecule has 0 aromatic carbocycles. The fraction of sp³-hybridized carbons (Fsp3) is 0.515. The quantitative estimate of drug-likeness (QED) is 0.209. The van der Waals surface area contributed by atoms with Gasteiger partial charge in [0.25, 0.3) is 11.1 Å². The van der Waals surface area contributed by atoms with E-state index in [1.54, 1.807) is 41.5 Å². The molecule has 50 heavy (non-hydrogen) atoms. The van der Waals surface area contributed by atoms with Crippen LogP contribution in [0.2, 0.25) is 0 Å². The van der Waals surface area contributed by atoms with Gasteiger partial charge in [-0.1, -0.05) is 20.8 Å². The molecule has 0 aliphatic carbocycles. The molecule has 0 atom stereocenters. The zero-order valence-corrected chi connectivity index (χ0v) is 31.5. The van der Waals surface area contributed by atoms with Crippen LogP contribution in [0, 0.1) is 19.3 Å². The first kappa shape index (κ1) is 39.8. The van der Waals surface area contributed by atoms with Crippen molar-refractivity contribution in [2.75, 3.05) is 13.2 Å². The van der Waals surface area contributed by atoms with Crippen LogP contribution in [0.1, 0.15) is 99.2 Å². The topological polar surface area (TPSA) is 217 Å². The number of hydrogen-bond donors (Lipinski definition) is 3. The van der Waals surface area contributed by atoms with Crippen LogP contribution in [-0.2, 0) is 30.1 Å². The van der Waals surface area contributed by atoms with Crippen molar-refractivity contribution in [2.45, 2.75) is 93.7 Å². The molecule has 4 aromatic rings. The summed E-state index contributed by atoms with van der Waals surface area (Å²) in [6.07, 6.45) is 0.223. The summed E-state index contributed by atoms with van der Waals surface area (Å²) in [5.41, 5.74) is -5.34. The van der Waals surface area contributed by atoms with Crippen LogP contribution in [0.3, 0.4) is 0 Å². The number of nitrogens with zero attached hydrogens (tertiary/aromatic N) is 2. The average Bonchev–Trinajstić information content (AvgIpc) is 3.48. The second-order valence-electron chi connectivity index (χ2n) is 13.7. The number of fused-ring (bicyclic) bond motifs is 2. The number of aromatic nitrogens is 4. The highest BCUT2D eigenvalue weighted by atomic mass is 32.1. The summed E-state index contributed by atoms with van der Waals surface area (Å²) in [4.78, 5) is 105. The third kappa shape index (κ3) is 7.43. The number of rotatable bonds is 9. The van der Waals surface area contributed by atoms with Gasteiger partial charge in [-0.3, -0.25) is 24.4 Å². The Morgan fingerprint density at radius 1 is 0.680 bits per heavy atom. The lowest BCUT2D eigenvalue weighted by atomic mass is 9.83. The van der Waals surface area contributed by atoms with Gasteiger partial charge < -0.3 is 14.6 Å². The van der Waals surface area contributed by atoms with E-state index in [4.69, 9.17) is 9.47 Å². The monoisotopic (exact) mass is 734 g/mol. The van der Waals surface area contributed by atoms with Gasteiger partial charge in [0.15, 0.2) is 5.78 Å². The van der Waals surface area contributed by atoms with E-state index in [2.05, 4.69) is 9.97 Å². The van der Waals surface area contributed by atoms with Crippen molar-refractivity contribution in [3.8, 4) is 0 Å². The first-order valence-corrected chi connectivity index (χ1v) is 17.3. The van der Waals surface area contributed by atoms with Crippen LogP contribution in [0.5, 0.6) is 0 Å². The lowest BCUT2D eigenvalue weighted by Gasteiger charge is -2.28. The largest absolute Gasteiger partial charge is 0.480 e. The van der Waals surface area contributed by atoms with Gasteiger partial charge in [-0.15, -0.1) is 22.7 Å². The summed E-state index contributed by atoms with van der Waals surface area (Å²) in [6.45, 7) is 18.3.